The first-order valence-corrected chi connectivity index (χ1v) is 7.13. The molecule has 104 valence electrons. The molecule has 2 nitrogen and oxygen atoms in total. The van der Waals surface area contributed by atoms with Crippen molar-refractivity contribution in [2.75, 3.05) is 0 Å². The van der Waals surface area contributed by atoms with Gasteiger partial charge in [0.2, 0.25) is 0 Å². The molecule has 0 spiro atoms. The van der Waals surface area contributed by atoms with Crippen molar-refractivity contribution in [1.29, 1.82) is 0 Å². The lowest BCUT2D eigenvalue weighted by molar-refractivity contribution is 0.0847. The molecule has 19 heavy (non-hydrogen) atoms. The van der Waals surface area contributed by atoms with Gasteiger partial charge >= 0.3 is 0 Å². The lowest BCUT2D eigenvalue weighted by Crippen LogP contribution is -2.22. The summed E-state index contributed by atoms with van der Waals surface area (Å²) in [4.78, 5) is 24.4. The van der Waals surface area contributed by atoms with Crippen molar-refractivity contribution < 1.29 is 9.59 Å². The van der Waals surface area contributed by atoms with Gasteiger partial charge in [0.15, 0.2) is 11.6 Å². The highest BCUT2D eigenvalue weighted by Gasteiger charge is 2.27. The Morgan fingerprint density at radius 1 is 0.895 bits per heavy atom. The fourth-order valence-corrected chi connectivity index (χ4v) is 2.24. The van der Waals surface area contributed by atoms with Crippen LogP contribution in [-0.2, 0) is 0 Å². The van der Waals surface area contributed by atoms with Gasteiger partial charge in [0, 0.05) is 26.4 Å². The summed E-state index contributed by atoms with van der Waals surface area (Å²) in [5.41, 5.74) is 0.398. The summed E-state index contributed by atoms with van der Waals surface area (Å²) in [6, 6.07) is 5.21. The molecule has 0 radical (unpaired) electrons. The van der Waals surface area contributed by atoms with E-state index in [1.807, 2.05) is 41.5 Å². The Bertz CT molecular complexity index is 517. The first-order chi connectivity index (χ1) is 8.44. The van der Waals surface area contributed by atoms with E-state index in [9.17, 15) is 9.59 Å². The van der Waals surface area contributed by atoms with Crippen LogP contribution in [-0.4, -0.2) is 11.6 Å². The Balaban J connectivity index is 3.20. The van der Waals surface area contributed by atoms with Gasteiger partial charge in [-0.15, -0.1) is 0 Å². The Hall–Kier alpha value is -0.960. The number of Topliss-reactive ketones (excluding diaryl/α,β-unsaturated/α-hetero) is 2. The molecule has 0 aliphatic heterocycles. The van der Waals surface area contributed by atoms with E-state index in [-0.39, 0.29) is 11.6 Å². The summed E-state index contributed by atoms with van der Waals surface area (Å²) >= 11 is 3.40. The molecule has 0 N–H and O–H groups in total. The van der Waals surface area contributed by atoms with E-state index in [1.54, 1.807) is 18.2 Å². The number of carbonyl (C=O) groups excluding carboxylic acids is 2. The zero-order chi connectivity index (χ0) is 15.0. The van der Waals surface area contributed by atoms with E-state index < -0.39 is 10.8 Å². The van der Waals surface area contributed by atoms with Crippen molar-refractivity contribution in [3.05, 3.63) is 33.8 Å². The molecule has 0 fully saturated rings. The molecule has 0 heterocycles. The molecule has 0 amide bonds. The minimum Gasteiger partial charge on any atom is -0.294 e. The molecule has 0 saturated heterocycles. The maximum Gasteiger partial charge on any atom is 0.169 e. The maximum atomic E-state index is 12.3. The minimum atomic E-state index is -0.432. The summed E-state index contributed by atoms with van der Waals surface area (Å²) < 4.78 is 0.683. The Morgan fingerprint density at radius 3 is 1.74 bits per heavy atom. The molecule has 0 bridgehead atoms. The second kappa shape index (κ2) is 5.20. The van der Waals surface area contributed by atoms with Crippen molar-refractivity contribution in [2.24, 2.45) is 10.8 Å². The van der Waals surface area contributed by atoms with E-state index in [2.05, 4.69) is 15.9 Å². The van der Waals surface area contributed by atoms with Gasteiger partial charge in [-0.25, -0.2) is 0 Å². The summed E-state index contributed by atoms with van der Waals surface area (Å²) in [6.07, 6.45) is 0. The smallest absolute Gasteiger partial charge is 0.169 e. The van der Waals surface area contributed by atoms with E-state index >= 15 is 0 Å². The molecule has 0 aliphatic carbocycles. The summed E-state index contributed by atoms with van der Waals surface area (Å²) in [5, 5.41) is 0. The average Bonchev–Trinajstić information content (AvgIpc) is 2.24. The summed E-state index contributed by atoms with van der Waals surface area (Å²) in [6.45, 7) is 11.3. The fourth-order valence-electron chi connectivity index (χ4n) is 1.68. The van der Waals surface area contributed by atoms with Crippen molar-refractivity contribution in [3.8, 4) is 0 Å². The zero-order valence-electron chi connectivity index (χ0n) is 12.4. The highest BCUT2D eigenvalue weighted by molar-refractivity contribution is 9.10. The molecule has 0 aliphatic rings. The molecule has 0 unspecified atom stereocenters. The van der Waals surface area contributed by atoms with Crippen LogP contribution in [0.5, 0.6) is 0 Å². The van der Waals surface area contributed by atoms with Crippen LogP contribution in [0.15, 0.2) is 22.7 Å². The molecule has 0 aromatic heterocycles. The molecule has 0 saturated carbocycles. The van der Waals surface area contributed by atoms with Crippen molar-refractivity contribution in [3.63, 3.8) is 0 Å². The van der Waals surface area contributed by atoms with Gasteiger partial charge in [0.1, 0.15) is 0 Å². The highest BCUT2D eigenvalue weighted by Crippen LogP contribution is 2.29. The highest BCUT2D eigenvalue weighted by atomic mass is 79.9. The predicted molar refractivity (Wildman–Crippen MR) is 81.7 cm³/mol. The molecule has 3 heteroatoms. The number of hydrogen-bond acceptors (Lipinski definition) is 2. The van der Waals surface area contributed by atoms with Crippen LogP contribution in [0.25, 0.3) is 0 Å². The zero-order valence-corrected chi connectivity index (χ0v) is 14.0. The van der Waals surface area contributed by atoms with Gasteiger partial charge in [0.05, 0.1) is 0 Å². The topological polar surface area (TPSA) is 34.1 Å². The summed E-state index contributed by atoms with van der Waals surface area (Å²) in [5.74, 6) is 0.136. The number of carbonyl (C=O) groups is 2. The fraction of sp³-hybridized carbons (Fsp3) is 0.500. The normalized spacial score (nSPS) is 12.4. The minimum absolute atomic E-state index is 0.0640. The van der Waals surface area contributed by atoms with Gasteiger partial charge in [0.25, 0.3) is 0 Å². The predicted octanol–water partition coefficient (Wildman–Crippen LogP) is 4.91. The monoisotopic (exact) mass is 324 g/mol. The number of benzene rings is 1. The second-order valence-corrected chi connectivity index (χ2v) is 7.71. The van der Waals surface area contributed by atoms with Crippen LogP contribution in [0.3, 0.4) is 0 Å². The van der Waals surface area contributed by atoms with Crippen molar-refractivity contribution in [2.45, 2.75) is 41.5 Å². The summed E-state index contributed by atoms with van der Waals surface area (Å²) in [7, 11) is 0. The lowest BCUT2D eigenvalue weighted by Gasteiger charge is -2.20. The van der Waals surface area contributed by atoms with Gasteiger partial charge in [-0.2, -0.15) is 0 Å². The van der Waals surface area contributed by atoms with Crippen LogP contribution in [0.4, 0.5) is 0 Å². The second-order valence-electron chi connectivity index (χ2n) is 6.85. The third-order valence-electron chi connectivity index (χ3n) is 2.84. The van der Waals surface area contributed by atoms with Crippen LogP contribution in [0.2, 0.25) is 0 Å². The molecule has 0 atom stereocenters. The number of hydrogen-bond donors (Lipinski definition) is 0. The van der Waals surface area contributed by atoms with Crippen LogP contribution >= 0.6 is 15.9 Å². The SMILES string of the molecule is CC(C)(C)C(=O)c1ccc(C(=O)C(C)(C)C)c(Br)c1. The number of rotatable bonds is 2. The van der Waals surface area contributed by atoms with Gasteiger partial charge in [-0.05, 0) is 12.1 Å². The number of halogens is 1. The molecule has 1 rings (SSSR count). The van der Waals surface area contributed by atoms with E-state index in [4.69, 9.17) is 0 Å². The van der Waals surface area contributed by atoms with Crippen molar-refractivity contribution in [1.82, 2.24) is 0 Å². The standard InChI is InChI=1S/C16H21BrO2/c1-15(2,3)13(18)10-7-8-11(12(17)9-10)14(19)16(4,5)6/h7-9H,1-6H3. The molecule has 1 aromatic rings. The Morgan fingerprint density at radius 2 is 1.37 bits per heavy atom. The van der Waals surface area contributed by atoms with Crippen LogP contribution in [0.1, 0.15) is 62.3 Å². The maximum absolute atomic E-state index is 12.3. The first-order valence-electron chi connectivity index (χ1n) is 6.34. The van der Waals surface area contributed by atoms with Gasteiger partial charge < -0.3 is 0 Å². The Labute approximate surface area is 123 Å². The van der Waals surface area contributed by atoms with Gasteiger partial charge in [-0.1, -0.05) is 63.5 Å². The van der Waals surface area contributed by atoms with Gasteiger partial charge in [-0.3, -0.25) is 9.59 Å². The molecular weight excluding hydrogens is 304 g/mol. The Kier molecular flexibility index (Phi) is 4.40. The van der Waals surface area contributed by atoms with Crippen molar-refractivity contribution >= 4 is 27.5 Å². The first kappa shape index (κ1) is 16.1. The number of ketones is 2. The van der Waals surface area contributed by atoms with E-state index in [1.165, 1.54) is 0 Å². The average molecular weight is 325 g/mol. The van der Waals surface area contributed by atoms with E-state index in [0.29, 0.717) is 15.6 Å². The van der Waals surface area contributed by atoms with Crippen LogP contribution in [0, 0.1) is 10.8 Å². The lowest BCUT2D eigenvalue weighted by atomic mass is 9.84. The van der Waals surface area contributed by atoms with Crippen LogP contribution < -0.4 is 0 Å². The third kappa shape index (κ3) is 3.75. The third-order valence-corrected chi connectivity index (χ3v) is 3.49. The quantitative estimate of drug-likeness (QED) is 0.724. The molecule has 1 aromatic carbocycles. The molecular formula is C16H21BrO2. The van der Waals surface area contributed by atoms with E-state index in [0.717, 1.165) is 0 Å². The largest absolute Gasteiger partial charge is 0.294 e.